The van der Waals surface area contributed by atoms with Crippen molar-refractivity contribution in [2.24, 2.45) is 23.2 Å². The fourth-order valence-electron chi connectivity index (χ4n) is 5.49. The summed E-state index contributed by atoms with van der Waals surface area (Å²) in [6.45, 7) is 4.60. The number of unbranched alkanes of at least 4 members (excludes halogenated alkanes) is 3. The molecule has 0 amide bonds. The zero-order chi connectivity index (χ0) is 18.0. The third-order valence-electron chi connectivity index (χ3n) is 7.46. The van der Waals surface area contributed by atoms with Gasteiger partial charge >= 0.3 is 0 Å². The van der Waals surface area contributed by atoms with Crippen molar-refractivity contribution in [3.05, 3.63) is 0 Å². The van der Waals surface area contributed by atoms with Crippen LogP contribution in [0, 0.1) is 34.5 Å². The van der Waals surface area contributed by atoms with Crippen LogP contribution in [0.15, 0.2) is 0 Å². The van der Waals surface area contributed by atoms with Gasteiger partial charge in [-0.2, -0.15) is 5.26 Å². The Labute approximate surface area is 158 Å². The van der Waals surface area contributed by atoms with Gasteiger partial charge in [0.2, 0.25) is 0 Å². The molecule has 0 unspecified atom stereocenters. The first-order chi connectivity index (χ1) is 12.2. The predicted molar refractivity (Wildman–Crippen MR) is 108 cm³/mol. The number of hydrogen-bond donors (Lipinski definition) is 0. The lowest BCUT2D eigenvalue weighted by Crippen LogP contribution is -2.27. The summed E-state index contributed by atoms with van der Waals surface area (Å²) in [4.78, 5) is 0. The topological polar surface area (TPSA) is 23.8 Å². The monoisotopic (exact) mass is 345 g/mol. The molecule has 0 heterocycles. The van der Waals surface area contributed by atoms with E-state index < -0.39 is 0 Å². The smallest absolute Gasteiger partial charge is 0.0689 e. The Morgan fingerprint density at radius 1 is 0.720 bits per heavy atom. The molecule has 1 heteroatoms. The van der Waals surface area contributed by atoms with Crippen LogP contribution in [-0.4, -0.2) is 0 Å². The van der Waals surface area contributed by atoms with Crippen molar-refractivity contribution in [1.82, 2.24) is 0 Å². The highest BCUT2D eigenvalue weighted by Crippen LogP contribution is 2.45. The Bertz CT molecular complexity index is 377. The van der Waals surface area contributed by atoms with Gasteiger partial charge in [0.05, 0.1) is 11.5 Å². The van der Waals surface area contributed by atoms with E-state index in [1.807, 2.05) is 0 Å². The van der Waals surface area contributed by atoms with Crippen molar-refractivity contribution in [2.75, 3.05) is 0 Å². The maximum atomic E-state index is 9.82. The minimum atomic E-state index is 0.0429. The Kier molecular flexibility index (Phi) is 9.36. The third-order valence-corrected chi connectivity index (χ3v) is 7.46. The van der Waals surface area contributed by atoms with Crippen LogP contribution in [0.3, 0.4) is 0 Å². The van der Waals surface area contributed by atoms with Crippen molar-refractivity contribution < 1.29 is 0 Å². The molecule has 0 radical (unpaired) electrons. The summed E-state index contributed by atoms with van der Waals surface area (Å²) in [5, 5.41) is 9.82. The summed E-state index contributed by atoms with van der Waals surface area (Å²) in [5.74, 6) is 2.85. The van der Waals surface area contributed by atoms with Crippen LogP contribution in [0.4, 0.5) is 0 Å². The van der Waals surface area contributed by atoms with Gasteiger partial charge in [-0.15, -0.1) is 0 Å². The molecule has 0 aliphatic heterocycles. The average molecular weight is 346 g/mol. The summed E-state index contributed by atoms with van der Waals surface area (Å²) in [7, 11) is 0. The summed E-state index contributed by atoms with van der Waals surface area (Å²) < 4.78 is 0. The first kappa shape index (κ1) is 20.8. The Morgan fingerprint density at radius 2 is 1.32 bits per heavy atom. The van der Waals surface area contributed by atoms with E-state index in [0.717, 1.165) is 17.8 Å². The normalized spacial score (nSPS) is 33.1. The van der Waals surface area contributed by atoms with Gasteiger partial charge in [0.1, 0.15) is 0 Å². The zero-order valence-electron chi connectivity index (χ0n) is 17.2. The van der Waals surface area contributed by atoms with Crippen molar-refractivity contribution in [1.29, 1.82) is 5.26 Å². The molecule has 2 aliphatic carbocycles. The van der Waals surface area contributed by atoms with Crippen molar-refractivity contribution in [3.8, 4) is 6.07 Å². The van der Waals surface area contributed by atoms with Crippen LogP contribution < -0.4 is 0 Å². The summed E-state index contributed by atoms with van der Waals surface area (Å²) in [6, 6.07) is 2.77. The molecular weight excluding hydrogens is 302 g/mol. The SMILES string of the molecule is CCCCCCC1CCC(CCC2(C#N)CCC(CCC)CC2)CC1. The molecule has 0 bridgehead atoms. The summed E-state index contributed by atoms with van der Waals surface area (Å²) in [5.41, 5.74) is 0.0429. The lowest BCUT2D eigenvalue weighted by atomic mass is 9.66. The molecule has 2 aliphatic rings. The molecule has 0 atom stereocenters. The Hall–Kier alpha value is -0.510. The van der Waals surface area contributed by atoms with Crippen molar-refractivity contribution >= 4 is 0 Å². The van der Waals surface area contributed by atoms with Crippen molar-refractivity contribution in [2.45, 2.75) is 123 Å². The average Bonchev–Trinajstić information content (AvgIpc) is 2.66. The fourth-order valence-corrected chi connectivity index (χ4v) is 5.49. The van der Waals surface area contributed by atoms with E-state index in [1.165, 1.54) is 109 Å². The van der Waals surface area contributed by atoms with Gasteiger partial charge in [-0.25, -0.2) is 0 Å². The van der Waals surface area contributed by atoms with Gasteiger partial charge in [0.25, 0.3) is 0 Å². The molecule has 0 saturated heterocycles. The van der Waals surface area contributed by atoms with Crippen LogP contribution in [0.2, 0.25) is 0 Å². The zero-order valence-corrected chi connectivity index (χ0v) is 17.2. The molecule has 2 rings (SSSR count). The fraction of sp³-hybridized carbons (Fsp3) is 0.958. The molecule has 0 N–H and O–H groups in total. The number of nitrogens with zero attached hydrogens (tertiary/aromatic N) is 1. The third kappa shape index (κ3) is 6.96. The highest BCUT2D eigenvalue weighted by atomic mass is 14.4. The number of rotatable bonds is 10. The Balaban J connectivity index is 1.64. The van der Waals surface area contributed by atoms with Crippen LogP contribution in [0.25, 0.3) is 0 Å². The second-order valence-corrected chi connectivity index (χ2v) is 9.40. The van der Waals surface area contributed by atoms with E-state index >= 15 is 0 Å². The molecule has 0 aromatic rings. The lowest BCUT2D eigenvalue weighted by Gasteiger charge is -2.37. The van der Waals surface area contributed by atoms with Crippen LogP contribution >= 0.6 is 0 Å². The van der Waals surface area contributed by atoms with Gasteiger partial charge in [-0.3, -0.25) is 0 Å². The molecule has 1 nitrogen and oxygen atoms in total. The van der Waals surface area contributed by atoms with Gasteiger partial charge in [-0.05, 0) is 56.3 Å². The van der Waals surface area contributed by atoms with Gasteiger partial charge in [-0.1, -0.05) is 84.5 Å². The first-order valence-corrected chi connectivity index (χ1v) is 11.6. The van der Waals surface area contributed by atoms with Gasteiger partial charge in [0.15, 0.2) is 0 Å². The number of hydrogen-bond acceptors (Lipinski definition) is 1. The highest BCUT2D eigenvalue weighted by molar-refractivity contribution is 5.01. The molecule has 0 spiro atoms. The standard InChI is InChI=1S/C24H43N/c1-3-5-6-7-9-22-10-12-23(13-11-22)16-19-24(20-25)17-14-21(8-4-2)15-18-24/h21-23H,3-19H2,1-2H3. The van der Waals surface area contributed by atoms with E-state index in [1.54, 1.807) is 0 Å². The summed E-state index contributed by atoms with van der Waals surface area (Å²) in [6.07, 6.45) is 23.2. The van der Waals surface area contributed by atoms with Crippen molar-refractivity contribution in [3.63, 3.8) is 0 Å². The van der Waals surface area contributed by atoms with E-state index in [-0.39, 0.29) is 5.41 Å². The lowest BCUT2D eigenvalue weighted by molar-refractivity contribution is 0.163. The molecule has 2 saturated carbocycles. The molecular formula is C24H43N. The van der Waals surface area contributed by atoms with E-state index in [4.69, 9.17) is 0 Å². The molecule has 144 valence electrons. The largest absolute Gasteiger partial charge is 0.198 e. The quantitative estimate of drug-likeness (QED) is 0.367. The van der Waals surface area contributed by atoms with Crippen LogP contribution in [0.1, 0.15) is 123 Å². The minimum absolute atomic E-state index is 0.0429. The van der Waals surface area contributed by atoms with E-state index in [2.05, 4.69) is 19.9 Å². The first-order valence-electron chi connectivity index (χ1n) is 11.6. The molecule has 2 fully saturated rings. The van der Waals surface area contributed by atoms with Gasteiger partial charge < -0.3 is 0 Å². The Morgan fingerprint density at radius 3 is 1.88 bits per heavy atom. The second kappa shape index (κ2) is 11.3. The van der Waals surface area contributed by atoms with E-state index in [0.29, 0.717) is 0 Å². The minimum Gasteiger partial charge on any atom is -0.198 e. The second-order valence-electron chi connectivity index (χ2n) is 9.40. The molecule has 25 heavy (non-hydrogen) atoms. The molecule has 0 aromatic carbocycles. The van der Waals surface area contributed by atoms with Gasteiger partial charge in [0, 0.05) is 0 Å². The highest BCUT2D eigenvalue weighted by Gasteiger charge is 2.35. The maximum absolute atomic E-state index is 9.82. The predicted octanol–water partition coefficient (Wildman–Crippen LogP) is 8.04. The van der Waals surface area contributed by atoms with E-state index in [9.17, 15) is 5.26 Å². The molecule has 0 aromatic heterocycles. The number of nitriles is 1. The van der Waals surface area contributed by atoms with Crippen LogP contribution in [0.5, 0.6) is 0 Å². The summed E-state index contributed by atoms with van der Waals surface area (Å²) >= 11 is 0. The maximum Gasteiger partial charge on any atom is 0.0689 e. The van der Waals surface area contributed by atoms with Crippen LogP contribution in [-0.2, 0) is 0 Å².